The number of hydrogen-bond donors (Lipinski definition) is 7. The second-order valence-electron chi connectivity index (χ2n) is 7.94. The van der Waals surface area contributed by atoms with E-state index in [2.05, 4.69) is 25.9 Å². The number of amides is 4. The molecule has 1 heterocycles. The Hall–Kier alpha value is -4.26. The number of hydrogen-bond acceptors (Lipinski definition) is 7. The van der Waals surface area contributed by atoms with Gasteiger partial charge < -0.3 is 37.5 Å². The van der Waals surface area contributed by atoms with Crippen LogP contribution >= 0.6 is 0 Å². The molecule has 2 aromatic rings. The molecule has 0 aliphatic carbocycles. The number of aromatic amines is 1. The number of rotatable bonds is 13. The Labute approximate surface area is 201 Å². The second kappa shape index (κ2) is 12.8. The van der Waals surface area contributed by atoms with E-state index in [1.165, 1.54) is 19.4 Å². The van der Waals surface area contributed by atoms with Crippen molar-refractivity contribution in [3.05, 3.63) is 54.1 Å². The van der Waals surface area contributed by atoms with Gasteiger partial charge in [-0.15, -0.1) is 0 Å². The highest BCUT2D eigenvalue weighted by Gasteiger charge is 2.29. The van der Waals surface area contributed by atoms with Gasteiger partial charge in [-0.3, -0.25) is 19.2 Å². The first-order valence-corrected chi connectivity index (χ1v) is 10.8. The van der Waals surface area contributed by atoms with Crippen molar-refractivity contribution in [2.75, 3.05) is 0 Å². The average molecular weight is 488 g/mol. The van der Waals surface area contributed by atoms with E-state index >= 15 is 0 Å². The maximum absolute atomic E-state index is 12.7. The number of nitrogens with two attached hydrogens (primary N) is 2. The molecule has 9 N–H and O–H groups in total. The van der Waals surface area contributed by atoms with Crippen molar-refractivity contribution in [2.45, 2.75) is 50.4 Å². The number of carboxylic acid groups (broad SMARTS) is 1. The van der Waals surface area contributed by atoms with Crippen molar-refractivity contribution in [3.63, 3.8) is 0 Å². The Morgan fingerprint density at radius 2 is 1.63 bits per heavy atom. The van der Waals surface area contributed by atoms with Crippen LogP contribution in [0.25, 0.3) is 0 Å². The minimum atomic E-state index is -1.39. The number of carboxylic acids is 1. The number of benzene rings is 1. The van der Waals surface area contributed by atoms with Gasteiger partial charge >= 0.3 is 5.97 Å². The maximum Gasteiger partial charge on any atom is 0.326 e. The van der Waals surface area contributed by atoms with Crippen molar-refractivity contribution >= 4 is 29.6 Å². The van der Waals surface area contributed by atoms with Gasteiger partial charge in [0.1, 0.15) is 18.1 Å². The van der Waals surface area contributed by atoms with E-state index in [0.717, 1.165) is 0 Å². The number of H-pyrrole nitrogens is 1. The molecule has 2 rings (SSSR count). The van der Waals surface area contributed by atoms with Crippen LogP contribution in [0.5, 0.6) is 0 Å². The van der Waals surface area contributed by atoms with E-state index in [1.807, 2.05) is 0 Å². The third-order valence-electron chi connectivity index (χ3n) is 5.02. The zero-order valence-electron chi connectivity index (χ0n) is 19.1. The predicted octanol–water partition coefficient (Wildman–Crippen LogP) is -2.04. The third-order valence-corrected chi connectivity index (χ3v) is 5.02. The Balaban J connectivity index is 1.98. The van der Waals surface area contributed by atoms with Crippen LogP contribution in [0.2, 0.25) is 0 Å². The smallest absolute Gasteiger partial charge is 0.326 e. The van der Waals surface area contributed by atoms with Crippen molar-refractivity contribution in [1.29, 1.82) is 0 Å². The van der Waals surface area contributed by atoms with E-state index in [4.69, 9.17) is 11.5 Å². The molecule has 0 aliphatic heterocycles. The number of carbonyl (C=O) groups excluding carboxylic acids is 4. The highest BCUT2D eigenvalue weighted by atomic mass is 16.4. The van der Waals surface area contributed by atoms with Crippen LogP contribution in [0.4, 0.5) is 0 Å². The zero-order chi connectivity index (χ0) is 26.0. The number of aromatic nitrogens is 2. The summed E-state index contributed by atoms with van der Waals surface area (Å²) < 4.78 is 0. The molecule has 13 nitrogen and oxygen atoms in total. The van der Waals surface area contributed by atoms with Crippen LogP contribution in [0.3, 0.4) is 0 Å². The summed E-state index contributed by atoms with van der Waals surface area (Å²) in [6.45, 7) is 1.34. The van der Waals surface area contributed by atoms with Crippen LogP contribution in [0.1, 0.15) is 24.6 Å². The van der Waals surface area contributed by atoms with Crippen LogP contribution < -0.4 is 27.4 Å². The van der Waals surface area contributed by atoms with Gasteiger partial charge in [0.05, 0.1) is 18.8 Å². The summed E-state index contributed by atoms with van der Waals surface area (Å²) in [4.78, 5) is 67.3. The molecule has 13 heteroatoms. The lowest BCUT2D eigenvalue weighted by Gasteiger charge is -2.23. The zero-order valence-corrected chi connectivity index (χ0v) is 19.1. The van der Waals surface area contributed by atoms with Gasteiger partial charge in [0.25, 0.3) is 0 Å². The molecule has 188 valence electrons. The van der Waals surface area contributed by atoms with Crippen LogP contribution in [-0.2, 0) is 36.8 Å². The van der Waals surface area contributed by atoms with Gasteiger partial charge in [0.2, 0.25) is 23.6 Å². The molecule has 0 aliphatic rings. The summed E-state index contributed by atoms with van der Waals surface area (Å²) in [5, 5.41) is 16.5. The number of aliphatic carboxylic acids is 1. The van der Waals surface area contributed by atoms with Crippen LogP contribution in [0.15, 0.2) is 42.9 Å². The van der Waals surface area contributed by atoms with E-state index in [-0.39, 0.29) is 12.8 Å². The van der Waals surface area contributed by atoms with E-state index in [1.54, 1.807) is 30.3 Å². The molecule has 4 unspecified atom stereocenters. The third kappa shape index (κ3) is 8.89. The fourth-order valence-corrected chi connectivity index (χ4v) is 3.14. The normalized spacial score (nSPS) is 14.1. The number of primary amides is 1. The molecule has 4 amide bonds. The molecule has 0 saturated heterocycles. The first-order chi connectivity index (χ1) is 16.6. The molecule has 0 fully saturated rings. The van der Waals surface area contributed by atoms with Crippen molar-refractivity contribution in [1.82, 2.24) is 25.9 Å². The predicted molar refractivity (Wildman–Crippen MR) is 123 cm³/mol. The Bertz CT molecular complexity index is 1030. The monoisotopic (exact) mass is 487 g/mol. The standard InChI is InChI=1S/C22H29N7O6/c1-12(19(31)29-17(22(34)35)7-13-5-3-2-4-6-13)27-21(33)16(9-18(24)30)28-20(32)15(23)8-14-10-25-11-26-14/h2-6,10-12,15-17H,7-9,23H2,1H3,(H2,24,30)(H,25,26)(H,27,33)(H,28,32)(H,29,31)(H,34,35). The van der Waals surface area contributed by atoms with E-state index in [0.29, 0.717) is 11.3 Å². The van der Waals surface area contributed by atoms with Crippen LogP contribution in [-0.4, -0.2) is 68.8 Å². The highest BCUT2D eigenvalue weighted by Crippen LogP contribution is 2.04. The van der Waals surface area contributed by atoms with Gasteiger partial charge in [0.15, 0.2) is 0 Å². The Kier molecular flexibility index (Phi) is 9.90. The summed E-state index contributed by atoms with van der Waals surface area (Å²) in [6, 6.07) is 3.87. The minimum Gasteiger partial charge on any atom is -0.480 e. The molecule has 0 saturated carbocycles. The van der Waals surface area contributed by atoms with Gasteiger partial charge in [-0.25, -0.2) is 9.78 Å². The molecule has 0 spiro atoms. The second-order valence-corrected chi connectivity index (χ2v) is 7.94. The number of carbonyl (C=O) groups is 5. The van der Waals surface area contributed by atoms with E-state index in [9.17, 15) is 29.1 Å². The lowest BCUT2D eigenvalue weighted by atomic mass is 10.1. The molecule has 4 atom stereocenters. The summed E-state index contributed by atoms with van der Waals surface area (Å²) >= 11 is 0. The van der Waals surface area contributed by atoms with Crippen molar-refractivity contribution < 1.29 is 29.1 Å². The first-order valence-electron chi connectivity index (χ1n) is 10.8. The maximum atomic E-state index is 12.7. The van der Waals surface area contributed by atoms with Gasteiger partial charge in [0, 0.05) is 24.7 Å². The molecule has 1 aromatic carbocycles. The van der Waals surface area contributed by atoms with Gasteiger partial charge in [-0.2, -0.15) is 0 Å². The molecule has 0 radical (unpaired) electrons. The SMILES string of the molecule is CC(NC(=O)C(CC(N)=O)NC(=O)C(N)Cc1cnc[nH]1)C(=O)NC(Cc1ccccc1)C(=O)O. The Morgan fingerprint density at radius 3 is 2.20 bits per heavy atom. The van der Waals surface area contributed by atoms with Crippen LogP contribution in [0, 0.1) is 0 Å². The number of imidazole rings is 1. The summed E-state index contributed by atoms with van der Waals surface area (Å²) in [5.74, 6) is -4.44. The molecule has 0 bridgehead atoms. The summed E-state index contributed by atoms with van der Waals surface area (Å²) in [6.07, 6.45) is 2.52. The summed E-state index contributed by atoms with van der Waals surface area (Å²) in [7, 11) is 0. The topological polar surface area (TPSA) is 222 Å². The average Bonchev–Trinajstić information content (AvgIpc) is 3.31. The lowest BCUT2D eigenvalue weighted by Crippen LogP contribution is -2.57. The first kappa shape index (κ1) is 27.0. The summed E-state index contributed by atoms with van der Waals surface area (Å²) in [5.41, 5.74) is 12.3. The minimum absolute atomic E-state index is 0.0388. The molecule has 1 aromatic heterocycles. The lowest BCUT2D eigenvalue weighted by molar-refractivity contribution is -0.142. The largest absolute Gasteiger partial charge is 0.480 e. The van der Waals surface area contributed by atoms with E-state index < -0.39 is 60.2 Å². The highest BCUT2D eigenvalue weighted by molar-refractivity contribution is 5.96. The molecular weight excluding hydrogens is 458 g/mol. The molecular formula is C22H29N7O6. The Morgan fingerprint density at radius 1 is 0.971 bits per heavy atom. The number of nitrogens with zero attached hydrogens (tertiary/aromatic N) is 1. The number of nitrogens with one attached hydrogen (secondary N) is 4. The van der Waals surface area contributed by atoms with Gasteiger partial charge in [-0.05, 0) is 12.5 Å². The van der Waals surface area contributed by atoms with Crippen molar-refractivity contribution in [2.24, 2.45) is 11.5 Å². The quantitative estimate of drug-likeness (QED) is 0.166. The fourth-order valence-electron chi connectivity index (χ4n) is 3.14. The fraction of sp³-hybridized carbons (Fsp3) is 0.364. The van der Waals surface area contributed by atoms with Gasteiger partial charge in [-0.1, -0.05) is 30.3 Å². The van der Waals surface area contributed by atoms with Crippen molar-refractivity contribution in [3.8, 4) is 0 Å². The molecule has 35 heavy (non-hydrogen) atoms.